The van der Waals surface area contributed by atoms with E-state index in [-0.39, 0.29) is 5.97 Å². The monoisotopic (exact) mass is 372 g/mol. The molecule has 132 valence electrons. The molecule has 0 fully saturated rings. The van der Waals surface area contributed by atoms with E-state index < -0.39 is 0 Å². The largest absolute Gasteiger partial charge is 0.465 e. The van der Waals surface area contributed by atoms with Gasteiger partial charge in [0.1, 0.15) is 0 Å². The highest BCUT2D eigenvalue weighted by molar-refractivity contribution is 6.31. The Morgan fingerprint density at radius 2 is 1.41 bits per heavy atom. The van der Waals surface area contributed by atoms with Gasteiger partial charge in [-0.3, -0.25) is 0 Å². The van der Waals surface area contributed by atoms with E-state index in [2.05, 4.69) is 0 Å². The molecule has 4 rings (SSSR count). The zero-order chi connectivity index (χ0) is 18.8. The van der Waals surface area contributed by atoms with Gasteiger partial charge in [-0.2, -0.15) is 0 Å². The highest BCUT2D eigenvalue weighted by atomic mass is 35.5. The standard InChI is InChI=1S/C24H17ClO2/c1-27-24(26)23-14-18-10-6-5-9-17(18)13-22(23)20-12-11-19(25)15-21(20)16-7-3-2-4-8-16/h2-15H,1H3. The maximum atomic E-state index is 12.5. The van der Waals surface area contributed by atoms with Crippen molar-refractivity contribution in [3.05, 3.63) is 95.5 Å². The zero-order valence-electron chi connectivity index (χ0n) is 14.8. The Balaban J connectivity index is 2.04. The number of fused-ring (bicyclic) bond motifs is 1. The van der Waals surface area contributed by atoms with Crippen molar-refractivity contribution in [3.63, 3.8) is 0 Å². The van der Waals surface area contributed by atoms with E-state index in [0.717, 1.165) is 33.0 Å². The molecule has 0 heterocycles. The lowest BCUT2D eigenvalue weighted by atomic mass is 9.90. The summed E-state index contributed by atoms with van der Waals surface area (Å²) in [5.41, 5.74) is 4.33. The van der Waals surface area contributed by atoms with E-state index >= 15 is 0 Å². The summed E-state index contributed by atoms with van der Waals surface area (Å²) in [5, 5.41) is 2.71. The highest BCUT2D eigenvalue weighted by Crippen LogP contribution is 2.37. The lowest BCUT2D eigenvalue weighted by Crippen LogP contribution is -2.04. The summed E-state index contributed by atoms with van der Waals surface area (Å²) in [6, 6.07) is 27.7. The second-order valence-corrected chi connectivity index (χ2v) is 6.73. The minimum atomic E-state index is -0.357. The van der Waals surface area contributed by atoms with Crippen LogP contribution in [0.4, 0.5) is 0 Å². The van der Waals surface area contributed by atoms with E-state index in [0.29, 0.717) is 10.6 Å². The van der Waals surface area contributed by atoms with Gasteiger partial charge in [-0.15, -0.1) is 0 Å². The van der Waals surface area contributed by atoms with E-state index in [4.69, 9.17) is 16.3 Å². The molecular weight excluding hydrogens is 356 g/mol. The topological polar surface area (TPSA) is 26.3 Å². The number of carbonyl (C=O) groups excluding carboxylic acids is 1. The fraction of sp³-hybridized carbons (Fsp3) is 0.0417. The molecule has 4 aromatic rings. The van der Waals surface area contributed by atoms with Gasteiger partial charge >= 0.3 is 5.97 Å². The number of halogens is 1. The molecule has 0 atom stereocenters. The Labute approximate surface area is 163 Å². The normalized spacial score (nSPS) is 10.7. The van der Waals surface area contributed by atoms with E-state index in [1.807, 2.05) is 84.9 Å². The number of ether oxygens (including phenoxy) is 1. The molecule has 0 amide bonds. The predicted octanol–water partition coefficient (Wildman–Crippen LogP) is 6.61. The van der Waals surface area contributed by atoms with Crippen molar-refractivity contribution in [1.82, 2.24) is 0 Å². The molecule has 27 heavy (non-hydrogen) atoms. The fourth-order valence-electron chi connectivity index (χ4n) is 3.35. The molecule has 0 bridgehead atoms. The molecule has 0 N–H and O–H groups in total. The molecule has 0 aromatic heterocycles. The van der Waals surface area contributed by atoms with Crippen LogP contribution in [0.2, 0.25) is 5.02 Å². The zero-order valence-corrected chi connectivity index (χ0v) is 15.5. The number of rotatable bonds is 3. The maximum Gasteiger partial charge on any atom is 0.338 e. The molecule has 0 aliphatic carbocycles. The van der Waals surface area contributed by atoms with Crippen molar-refractivity contribution < 1.29 is 9.53 Å². The van der Waals surface area contributed by atoms with Crippen LogP contribution >= 0.6 is 11.6 Å². The van der Waals surface area contributed by atoms with Crippen LogP contribution in [0.1, 0.15) is 10.4 Å². The Morgan fingerprint density at radius 3 is 2.11 bits per heavy atom. The summed E-state index contributed by atoms with van der Waals surface area (Å²) >= 11 is 6.29. The van der Waals surface area contributed by atoms with Gasteiger partial charge in [0.05, 0.1) is 12.7 Å². The SMILES string of the molecule is COC(=O)c1cc2ccccc2cc1-c1ccc(Cl)cc1-c1ccccc1. The molecule has 3 heteroatoms. The third kappa shape index (κ3) is 3.32. The van der Waals surface area contributed by atoms with Crippen molar-refractivity contribution >= 4 is 28.3 Å². The molecular formula is C24H17ClO2. The quantitative estimate of drug-likeness (QED) is 0.378. The molecule has 0 unspecified atom stereocenters. The lowest BCUT2D eigenvalue weighted by Gasteiger charge is -2.15. The number of hydrogen-bond donors (Lipinski definition) is 0. The van der Waals surface area contributed by atoms with Gasteiger partial charge < -0.3 is 4.74 Å². The van der Waals surface area contributed by atoms with Crippen LogP contribution in [-0.4, -0.2) is 13.1 Å². The number of methoxy groups -OCH3 is 1. The third-order valence-electron chi connectivity index (χ3n) is 4.65. The van der Waals surface area contributed by atoms with Crippen LogP contribution < -0.4 is 0 Å². The first-order chi connectivity index (χ1) is 13.2. The smallest absolute Gasteiger partial charge is 0.338 e. The second kappa shape index (κ2) is 7.26. The Morgan fingerprint density at radius 1 is 0.741 bits per heavy atom. The maximum absolute atomic E-state index is 12.5. The van der Waals surface area contributed by atoms with Crippen LogP contribution in [-0.2, 0) is 4.74 Å². The fourth-order valence-corrected chi connectivity index (χ4v) is 3.52. The second-order valence-electron chi connectivity index (χ2n) is 6.29. The summed E-state index contributed by atoms with van der Waals surface area (Å²) in [4.78, 5) is 12.5. The molecule has 0 saturated heterocycles. The summed E-state index contributed by atoms with van der Waals surface area (Å²) in [6.07, 6.45) is 0. The van der Waals surface area contributed by atoms with Gasteiger partial charge in [0, 0.05) is 5.02 Å². The van der Waals surface area contributed by atoms with Crippen molar-refractivity contribution in [2.75, 3.05) is 7.11 Å². The Bertz CT molecular complexity index is 1130. The van der Waals surface area contributed by atoms with Crippen LogP contribution in [0.15, 0.2) is 84.9 Å². The molecule has 0 saturated carbocycles. The first kappa shape index (κ1) is 17.3. The Kier molecular flexibility index (Phi) is 4.66. The molecule has 4 aromatic carbocycles. The highest BCUT2D eigenvalue weighted by Gasteiger charge is 2.18. The first-order valence-electron chi connectivity index (χ1n) is 8.64. The number of esters is 1. The van der Waals surface area contributed by atoms with Gasteiger partial charge in [-0.05, 0) is 57.3 Å². The van der Waals surface area contributed by atoms with E-state index in [1.165, 1.54) is 7.11 Å². The number of hydrogen-bond acceptors (Lipinski definition) is 2. The van der Waals surface area contributed by atoms with Crippen LogP contribution in [0.5, 0.6) is 0 Å². The van der Waals surface area contributed by atoms with Gasteiger partial charge in [0.15, 0.2) is 0 Å². The molecule has 0 aliphatic heterocycles. The van der Waals surface area contributed by atoms with E-state index in [9.17, 15) is 4.79 Å². The van der Waals surface area contributed by atoms with Crippen molar-refractivity contribution in [1.29, 1.82) is 0 Å². The van der Waals surface area contributed by atoms with Gasteiger partial charge in [0.2, 0.25) is 0 Å². The lowest BCUT2D eigenvalue weighted by molar-refractivity contribution is 0.0602. The number of benzene rings is 4. The van der Waals surface area contributed by atoms with Crippen LogP contribution in [0.3, 0.4) is 0 Å². The first-order valence-corrected chi connectivity index (χ1v) is 9.01. The van der Waals surface area contributed by atoms with E-state index in [1.54, 1.807) is 0 Å². The molecule has 0 aliphatic rings. The van der Waals surface area contributed by atoms with Crippen LogP contribution in [0, 0.1) is 0 Å². The molecule has 0 spiro atoms. The van der Waals surface area contributed by atoms with Crippen molar-refractivity contribution in [2.24, 2.45) is 0 Å². The third-order valence-corrected chi connectivity index (χ3v) is 4.88. The summed E-state index contributed by atoms with van der Waals surface area (Å²) in [6.45, 7) is 0. The summed E-state index contributed by atoms with van der Waals surface area (Å²) < 4.78 is 5.05. The van der Waals surface area contributed by atoms with Crippen molar-refractivity contribution in [3.8, 4) is 22.3 Å². The summed E-state index contributed by atoms with van der Waals surface area (Å²) in [7, 11) is 1.40. The number of carbonyl (C=O) groups is 1. The molecule has 0 radical (unpaired) electrons. The minimum absolute atomic E-state index is 0.357. The summed E-state index contributed by atoms with van der Waals surface area (Å²) in [5.74, 6) is -0.357. The van der Waals surface area contributed by atoms with Crippen molar-refractivity contribution in [2.45, 2.75) is 0 Å². The average Bonchev–Trinajstić information content (AvgIpc) is 2.73. The van der Waals surface area contributed by atoms with Gasteiger partial charge in [-0.25, -0.2) is 4.79 Å². The molecule has 2 nitrogen and oxygen atoms in total. The Hall–Kier alpha value is -3.10. The average molecular weight is 373 g/mol. The predicted molar refractivity (Wildman–Crippen MR) is 111 cm³/mol. The van der Waals surface area contributed by atoms with Gasteiger partial charge in [-0.1, -0.05) is 72.3 Å². The van der Waals surface area contributed by atoms with Crippen LogP contribution in [0.25, 0.3) is 33.0 Å². The van der Waals surface area contributed by atoms with Gasteiger partial charge in [0.25, 0.3) is 0 Å². The minimum Gasteiger partial charge on any atom is -0.465 e.